The molecule has 1 aliphatic rings. The molecule has 1 heterocycles. The highest BCUT2D eigenvalue weighted by Crippen LogP contribution is 2.22. The predicted molar refractivity (Wildman–Crippen MR) is 65.4 cm³/mol. The average molecular weight is 259 g/mol. The fourth-order valence-electron chi connectivity index (χ4n) is 1.90. The summed E-state index contributed by atoms with van der Waals surface area (Å²) >= 11 is 0. The SMILES string of the molecule is CC(C)(C)OC(=O)N1CC[C@@](CN)(NC(=O)O)C1. The van der Waals surface area contributed by atoms with Crippen molar-refractivity contribution in [3.05, 3.63) is 0 Å². The molecule has 4 N–H and O–H groups in total. The molecule has 0 aromatic heterocycles. The Labute approximate surface area is 106 Å². The third-order valence-electron chi connectivity index (χ3n) is 2.77. The Morgan fingerprint density at radius 2 is 2.11 bits per heavy atom. The summed E-state index contributed by atoms with van der Waals surface area (Å²) in [7, 11) is 0. The summed E-state index contributed by atoms with van der Waals surface area (Å²) in [4.78, 5) is 24.0. The summed E-state index contributed by atoms with van der Waals surface area (Å²) in [6, 6.07) is 0. The molecule has 18 heavy (non-hydrogen) atoms. The lowest BCUT2D eigenvalue weighted by molar-refractivity contribution is 0.0281. The van der Waals surface area contributed by atoms with E-state index < -0.39 is 23.3 Å². The maximum Gasteiger partial charge on any atom is 0.410 e. The van der Waals surface area contributed by atoms with Gasteiger partial charge < -0.3 is 25.8 Å². The van der Waals surface area contributed by atoms with Crippen LogP contribution in [-0.2, 0) is 4.74 Å². The zero-order valence-electron chi connectivity index (χ0n) is 11.0. The number of nitrogens with two attached hydrogens (primary N) is 1. The van der Waals surface area contributed by atoms with E-state index in [9.17, 15) is 9.59 Å². The van der Waals surface area contributed by atoms with Crippen molar-refractivity contribution in [2.24, 2.45) is 5.73 Å². The van der Waals surface area contributed by atoms with Crippen molar-refractivity contribution in [1.82, 2.24) is 10.2 Å². The van der Waals surface area contributed by atoms with E-state index in [0.29, 0.717) is 13.0 Å². The summed E-state index contributed by atoms with van der Waals surface area (Å²) in [5.74, 6) is 0. The van der Waals surface area contributed by atoms with Gasteiger partial charge in [-0.2, -0.15) is 0 Å². The second-order valence-corrected chi connectivity index (χ2v) is 5.57. The Morgan fingerprint density at radius 1 is 1.50 bits per heavy atom. The number of rotatable bonds is 2. The van der Waals surface area contributed by atoms with Crippen LogP contribution in [0.2, 0.25) is 0 Å². The first kappa shape index (κ1) is 14.6. The van der Waals surface area contributed by atoms with Crippen LogP contribution < -0.4 is 11.1 Å². The number of carboxylic acid groups (broad SMARTS) is 1. The van der Waals surface area contributed by atoms with Gasteiger partial charge in [0, 0.05) is 19.6 Å². The second kappa shape index (κ2) is 5.01. The highest BCUT2D eigenvalue weighted by Gasteiger charge is 2.41. The van der Waals surface area contributed by atoms with Gasteiger partial charge in [0.1, 0.15) is 5.60 Å². The second-order valence-electron chi connectivity index (χ2n) is 5.57. The van der Waals surface area contributed by atoms with E-state index in [4.69, 9.17) is 15.6 Å². The van der Waals surface area contributed by atoms with E-state index >= 15 is 0 Å². The van der Waals surface area contributed by atoms with Gasteiger partial charge in [-0.05, 0) is 27.2 Å². The summed E-state index contributed by atoms with van der Waals surface area (Å²) in [5, 5.41) is 11.2. The summed E-state index contributed by atoms with van der Waals surface area (Å²) in [5.41, 5.74) is 4.28. The van der Waals surface area contributed by atoms with Crippen molar-refractivity contribution < 1.29 is 19.4 Å². The molecule has 1 atom stereocenters. The van der Waals surface area contributed by atoms with Gasteiger partial charge in [0.25, 0.3) is 0 Å². The maximum absolute atomic E-state index is 11.8. The van der Waals surface area contributed by atoms with Gasteiger partial charge in [-0.3, -0.25) is 0 Å². The first-order valence-electron chi connectivity index (χ1n) is 5.87. The highest BCUT2D eigenvalue weighted by atomic mass is 16.6. The molecular weight excluding hydrogens is 238 g/mol. The largest absolute Gasteiger partial charge is 0.465 e. The van der Waals surface area contributed by atoms with E-state index in [1.54, 1.807) is 20.8 Å². The molecule has 0 saturated carbocycles. The van der Waals surface area contributed by atoms with E-state index in [-0.39, 0.29) is 13.1 Å². The summed E-state index contributed by atoms with van der Waals surface area (Å²) < 4.78 is 5.24. The number of carbonyl (C=O) groups is 2. The Morgan fingerprint density at radius 3 is 2.56 bits per heavy atom. The van der Waals surface area contributed by atoms with E-state index in [2.05, 4.69) is 5.32 Å². The molecule has 0 spiro atoms. The van der Waals surface area contributed by atoms with Crippen LogP contribution in [0, 0.1) is 0 Å². The molecule has 1 saturated heterocycles. The van der Waals surface area contributed by atoms with Crippen LogP contribution in [0.4, 0.5) is 9.59 Å². The van der Waals surface area contributed by atoms with Gasteiger partial charge in [-0.25, -0.2) is 9.59 Å². The normalized spacial score (nSPS) is 23.9. The molecule has 1 aliphatic heterocycles. The van der Waals surface area contributed by atoms with Crippen LogP contribution >= 0.6 is 0 Å². The Balaban J connectivity index is 2.64. The van der Waals surface area contributed by atoms with Crippen LogP contribution in [-0.4, -0.2) is 53.0 Å². The van der Waals surface area contributed by atoms with Crippen LogP contribution in [0.15, 0.2) is 0 Å². The molecule has 0 radical (unpaired) electrons. The van der Waals surface area contributed by atoms with Crippen molar-refractivity contribution in [2.45, 2.75) is 38.3 Å². The average Bonchev–Trinajstić information content (AvgIpc) is 2.59. The minimum absolute atomic E-state index is 0.151. The van der Waals surface area contributed by atoms with E-state index in [1.165, 1.54) is 4.90 Å². The fourth-order valence-corrected chi connectivity index (χ4v) is 1.90. The topological polar surface area (TPSA) is 105 Å². The molecule has 1 rings (SSSR count). The standard InChI is InChI=1S/C11H21N3O4/c1-10(2,3)18-9(17)14-5-4-11(6-12,7-14)13-8(15)16/h13H,4-7,12H2,1-3H3,(H,15,16)/t11-/m0/s1. The number of hydrogen-bond acceptors (Lipinski definition) is 4. The molecule has 7 heteroatoms. The van der Waals surface area contributed by atoms with Crippen molar-refractivity contribution in [3.63, 3.8) is 0 Å². The fraction of sp³-hybridized carbons (Fsp3) is 0.818. The molecule has 7 nitrogen and oxygen atoms in total. The Hall–Kier alpha value is -1.50. The maximum atomic E-state index is 11.8. The van der Waals surface area contributed by atoms with Crippen molar-refractivity contribution in [3.8, 4) is 0 Å². The van der Waals surface area contributed by atoms with E-state index in [0.717, 1.165) is 0 Å². The van der Waals surface area contributed by atoms with Crippen molar-refractivity contribution in [2.75, 3.05) is 19.6 Å². The predicted octanol–water partition coefficient (Wildman–Crippen LogP) is 0.592. The van der Waals surface area contributed by atoms with Crippen LogP contribution in [0.3, 0.4) is 0 Å². The zero-order chi connectivity index (χ0) is 14.0. The van der Waals surface area contributed by atoms with Crippen LogP contribution in [0.25, 0.3) is 0 Å². The van der Waals surface area contributed by atoms with Crippen LogP contribution in [0.1, 0.15) is 27.2 Å². The molecule has 1 fully saturated rings. The lowest BCUT2D eigenvalue weighted by Crippen LogP contribution is -2.55. The number of nitrogens with one attached hydrogen (secondary N) is 1. The molecule has 0 aliphatic carbocycles. The first-order chi connectivity index (χ1) is 8.17. The highest BCUT2D eigenvalue weighted by molar-refractivity contribution is 5.70. The molecule has 2 amide bonds. The molecule has 0 unspecified atom stereocenters. The summed E-state index contributed by atoms with van der Waals surface area (Å²) in [6.07, 6.45) is -1.08. The van der Waals surface area contributed by atoms with Gasteiger partial charge in [-0.15, -0.1) is 0 Å². The molecule has 0 bridgehead atoms. The number of carbonyl (C=O) groups excluding carboxylic acids is 1. The minimum Gasteiger partial charge on any atom is -0.465 e. The first-order valence-corrected chi connectivity index (χ1v) is 5.87. The lowest BCUT2D eigenvalue weighted by atomic mass is 9.99. The van der Waals surface area contributed by atoms with Gasteiger partial charge in [-0.1, -0.05) is 0 Å². The summed E-state index contributed by atoms with van der Waals surface area (Å²) in [6.45, 7) is 6.18. The van der Waals surface area contributed by atoms with Crippen molar-refractivity contribution in [1.29, 1.82) is 0 Å². The van der Waals surface area contributed by atoms with Gasteiger partial charge in [0.05, 0.1) is 5.54 Å². The van der Waals surface area contributed by atoms with Gasteiger partial charge >= 0.3 is 12.2 Å². The number of likely N-dealkylation sites (tertiary alicyclic amines) is 1. The van der Waals surface area contributed by atoms with E-state index in [1.807, 2.05) is 0 Å². The number of nitrogens with zero attached hydrogens (tertiary/aromatic N) is 1. The Bertz CT molecular complexity index is 340. The third kappa shape index (κ3) is 3.76. The minimum atomic E-state index is -1.13. The number of amides is 2. The Kier molecular flexibility index (Phi) is 4.05. The molecule has 0 aromatic carbocycles. The number of hydrogen-bond donors (Lipinski definition) is 3. The molecule has 0 aromatic rings. The quantitative estimate of drug-likeness (QED) is 0.673. The third-order valence-corrected chi connectivity index (χ3v) is 2.77. The van der Waals surface area contributed by atoms with Crippen LogP contribution in [0.5, 0.6) is 0 Å². The zero-order valence-corrected chi connectivity index (χ0v) is 11.0. The monoisotopic (exact) mass is 259 g/mol. The van der Waals surface area contributed by atoms with Crippen molar-refractivity contribution >= 4 is 12.2 Å². The molecule has 104 valence electrons. The molecular formula is C11H21N3O4. The van der Waals surface area contributed by atoms with Gasteiger partial charge in [0.2, 0.25) is 0 Å². The smallest absolute Gasteiger partial charge is 0.410 e. The lowest BCUT2D eigenvalue weighted by Gasteiger charge is -2.28. The number of ether oxygens (including phenoxy) is 1. The van der Waals surface area contributed by atoms with Gasteiger partial charge in [0.15, 0.2) is 0 Å².